The van der Waals surface area contributed by atoms with E-state index in [1.54, 1.807) is 12.1 Å². The second-order valence-electron chi connectivity index (χ2n) is 5.07. The third-order valence-electron chi connectivity index (χ3n) is 1.86. The van der Waals surface area contributed by atoms with Crippen molar-refractivity contribution in [3.8, 4) is 0 Å². The lowest BCUT2D eigenvalue weighted by atomic mass is 10.2. The minimum Gasteiger partial charge on any atom is -0.444 e. The molecule has 1 rings (SSSR count). The average Bonchev–Trinajstić information content (AvgIpc) is 2.30. The quantitative estimate of drug-likeness (QED) is 0.800. The lowest BCUT2D eigenvalue weighted by Gasteiger charge is -2.19. The fourth-order valence-electron chi connectivity index (χ4n) is 1.07. The summed E-state index contributed by atoms with van der Waals surface area (Å²) in [4.78, 5) is 10.9. The number of aryl methyl sites for hydroxylation is 1. The van der Waals surface area contributed by atoms with E-state index < -0.39 is 5.60 Å². The Morgan fingerprint density at radius 1 is 1.45 bits per heavy atom. The van der Waals surface area contributed by atoms with Crippen LogP contribution in [0.3, 0.4) is 0 Å². The Bertz CT molecular complexity index is 436. The molecule has 1 N–H and O–H groups in total. The minimum absolute atomic E-state index is 0.190. The van der Waals surface area contributed by atoms with E-state index in [-0.39, 0.29) is 16.9 Å². The van der Waals surface area contributed by atoms with Crippen LogP contribution in [0.1, 0.15) is 26.3 Å². The maximum absolute atomic E-state index is 12.4. The molecular weight excluding hydrogens is 301 g/mol. The number of benzene rings is 1. The minimum atomic E-state index is -0.416. The molecule has 114 valence electrons. The van der Waals surface area contributed by atoms with Crippen molar-refractivity contribution < 1.29 is 13.9 Å². The van der Waals surface area contributed by atoms with Crippen LogP contribution in [0.2, 0.25) is 5.02 Å². The standard InChI is InChI=1S/C7H6ClF.C7H15NO2S/c1-5-2-3-7(9)6(8)4-5;1-7(2,3)10-6(9)8-4-5-11/h2-4H,1H3;11H,4-5H2,1-3H3,(H,8,9). The van der Waals surface area contributed by atoms with Gasteiger partial charge in [0.1, 0.15) is 11.4 Å². The Morgan fingerprint density at radius 2 is 2.05 bits per heavy atom. The Labute approximate surface area is 130 Å². The number of carbonyl (C=O) groups excluding carboxylic acids is 1. The van der Waals surface area contributed by atoms with Gasteiger partial charge >= 0.3 is 6.09 Å². The number of thiol groups is 1. The van der Waals surface area contributed by atoms with Gasteiger partial charge in [-0.05, 0) is 45.4 Å². The summed E-state index contributed by atoms with van der Waals surface area (Å²) >= 11 is 9.38. The maximum Gasteiger partial charge on any atom is 0.407 e. The lowest BCUT2D eigenvalue weighted by Crippen LogP contribution is -2.33. The van der Waals surface area contributed by atoms with Gasteiger partial charge in [0.2, 0.25) is 0 Å². The van der Waals surface area contributed by atoms with Crippen molar-refractivity contribution in [1.82, 2.24) is 5.32 Å². The number of amides is 1. The molecule has 20 heavy (non-hydrogen) atoms. The smallest absolute Gasteiger partial charge is 0.407 e. The van der Waals surface area contributed by atoms with Crippen LogP contribution in [0.5, 0.6) is 0 Å². The summed E-state index contributed by atoms with van der Waals surface area (Å²) in [7, 11) is 0. The molecule has 6 heteroatoms. The number of nitrogens with one attached hydrogen (secondary N) is 1. The molecule has 0 unspecified atom stereocenters. The number of alkyl carbamates (subject to hydrolysis) is 1. The van der Waals surface area contributed by atoms with Crippen molar-refractivity contribution in [2.24, 2.45) is 0 Å². The highest BCUT2D eigenvalue weighted by molar-refractivity contribution is 7.80. The van der Waals surface area contributed by atoms with E-state index in [4.69, 9.17) is 16.3 Å². The van der Waals surface area contributed by atoms with Crippen molar-refractivity contribution in [2.45, 2.75) is 33.3 Å². The molecule has 1 amide bonds. The maximum atomic E-state index is 12.4. The molecule has 0 bridgehead atoms. The first-order chi connectivity index (χ1) is 9.15. The van der Waals surface area contributed by atoms with Crippen molar-refractivity contribution >= 4 is 30.3 Å². The topological polar surface area (TPSA) is 38.3 Å². The van der Waals surface area contributed by atoms with Crippen molar-refractivity contribution in [3.05, 3.63) is 34.6 Å². The Balaban J connectivity index is 0.000000367. The second kappa shape index (κ2) is 9.08. The highest BCUT2D eigenvalue weighted by Crippen LogP contribution is 2.14. The van der Waals surface area contributed by atoms with E-state index in [9.17, 15) is 9.18 Å². The van der Waals surface area contributed by atoms with Crippen molar-refractivity contribution in [1.29, 1.82) is 0 Å². The molecule has 0 aromatic heterocycles. The monoisotopic (exact) mass is 321 g/mol. The van der Waals surface area contributed by atoms with Crippen molar-refractivity contribution in [2.75, 3.05) is 12.3 Å². The van der Waals surface area contributed by atoms with Gasteiger partial charge < -0.3 is 10.1 Å². The first kappa shape index (κ1) is 19.1. The summed E-state index contributed by atoms with van der Waals surface area (Å²) < 4.78 is 17.3. The molecule has 0 atom stereocenters. The summed E-state index contributed by atoms with van der Waals surface area (Å²) in [5.74, 6) is 0.265. The van der Waals surface area contributed by atoms with Crippen LogP contribution >= 0.6 is 24.2 Å². The Kier molecular flexibility index (Phi) is 8.65. The summed E-state index contributed by atoms with van der Waals surface area (Å²) in [6, 6.07) is 4.63. The number of hydrogen-bond donors (Lipinski definition) is 2. The van der Waals surface area contributed by atoms with E-state index in [2.05, 4.69) is 17.9 Å². The van der Waals surface area contributed by atoms with Gasteiger partial charge in [0.05, 0.1) is 5.02 Å². The van der Waals surface area contributed by atoms with Crippen LogP contribution in [0.15, 0.2) is 18.2 Å². The number of halogens is 2. The second-order valence-corrected chi connectivity index (χ2v) is 5.92. The molecule has 3 nitrogen and oxygen atoms in total. The fraction of sp³-hybridized carbons (Fsp3) is 0.500. The van der Waals surface area contributed by atoms with Crippen LogP contribution in [0.4, 0.5) is 9.18 Å². The molecule has 0 saturated heterocycles. The normalized spacial score (nSPS) is 10.3. The number of rotatable bonds is 2. The van der Waals surface area contributed by atoms with E-state index in [0.29, 0.717) is 12.3 Å². The van der Waals surface area contributed by atoms with Gasteiger partial charge in [-0.3, -0.25) is 0 Å². The largest absolute Gasteiger partial charge is 0.444 e. The van der Waals surface area contributed by atoms with Gasteiger partial charge in [-0.2, -0.15) is 12.6 Å². The molecule has 1 aromatic rings. The zero-order valence-corrected chi connectivity index (χ0v) is 13.8. The van der Waals surface area contributed by atoms with Gasteiger partial charge in [0, 0.05) is 12.3 Å². The van der Waals surface area contributed by atoms with E-state index in [1.807, 2.05) is 27.7 Å². The molecule has 0 aliphatic carbocycles. The predicted octanol–water partition coefficient (Wildman–Crippen LogP) is 4.23. The van der Waals surface area contributed by atoms with Crippen LogP contribution in [0, 0.1) is 12.7 Å². The Hall–Kier alpha value is -0.940. The van der Waals surface area contributed by atoms with Crippen molar-refractivity contribution in [3.63, 3.8) is 0 Å². The van der Waals surface area contributed by atoms with E-state index in [0.717, 1.165) is 5.56 Å². The molecule has 1 aromatic carbocycles. The molecule has 0 aliphatic heterocycles. The average molecular weight is 322 g/mol. The van der Waals surface area contributed by atoms with Crippen LogP contribution < -0.4 is 5.32 Å². The van der Waals surface area contributed by atoms with Gasteiger partial charge in [0.15, 0.2) is 0 Å². The predicted molar refractivity (Wildman–Crippen MR) is 84.2 cm³/mol. The molecule has 0 aliphatic rings. The highest BCUT2D eigenvalue weighted by Gasteiger charge is 2.14. The number of carbonyl (C=O) groups is 1. The zero-order valence-electron chi connectivity index (χ0n) is 12.2. The molecule has 0 fully saturated rings. The summed E-state index contributed by atoms with van der Waals surface area (Å²) in [5.41, 5.74) is 0.558. The third-order valence-corrected chi connectivity index (χ3v) is 2.37. The van der Waals surface area contributed by atoms with Gasteiger partial charge in [-0.1, -0.05) is 17.7 Å². The zero-order chi connectivity index (χ0) is 15.8. The third kappa shape index (κ3) is 9.92. The van der Waals surface area contributed by atoms with Crippen LogP contribution in [-0.2, 0) is 4.74 Å². The van der Waals surface area contributed by atoms with Crippen LogP contribution in [0.25, 0.3) is 0 Å². The first-order valence-electron chi connectivity index (χ1n) is 6.15. The molecular formula is C14H21ClFNO2S. The molecule has 0 saturated carbocycles. The first-order valence-corrected chi connectivity index (χ1v) is 7.16. The number of hydrogen-bond acceptors (Lipinski definition) is 3. The Morgan fingerprint density at radius 3 is 2.45 bits per heavy atom. The SMILES string of the molecule is CC(C)(C)OC(=O)NCCS.Cc1ccc(F)c(Cl)c1. The molecule has 0 spiro atoms. The summed E-state index contributed by atoms with van der Waals surface area (Å²) in [6.07, 6.45) is -0.383. The summed E-state index contributed by atoms with van der Waals surface area (Å²) in [6.45, 7) is 7.89. The molecule has 0 radical (unpaired) electrons. The van der Waals surface area contributed by atoms with Gasteiger partial charge in [0.25, 0.3) is 0 Å². The van der Waals surface area contributed by atoms with Gasteiger partial charge in [-0.15, -0.1) is 0 Å². The molecule has 0 heterocycles. The van der Waals surface area contributed by atoms with E-state index in [1.165, 1.54) is 6.07 Å². The number of ether oxygens (including phenoxy) is 1. The van der Waals surface area contributed by atoms with Crippen LogP contribution in [-0.4, -0.2) is 24.0 Å². The lowest BCUT2D eigenvalue weighted by molar-refractivity contribution is 0.0531. The van der Waals surface area contributed by atoms with E-state index >= 15 is 0 Å². The fourth-order valence-corrected chi connectivity index (χ4v) is 1.42. The summed E-state index contributed by atoms with van der Waals surface area (Å²) in [5, 5.41) is 2.74. The van der Waals surface area contributed by atoms with Gasteiger partial charge in [-0.25, -0.2) is 9.18 Å². The highest BCUT2D eigenvalue weighted by atomic mass is 35.5.